The molecule has 16 heteroatoms. The number of carboxylic acid groups (broad SMARTS) is 4. The molecule has 0 radical (unpaired) electrons. The number of alkyl carbamates (subject to hydrolysis) is 2. The zero-order valence-electron chi connectivity index (χ0n) is 24.3. The van der Waals surface area contributed by atoms with Crippen LogP contribution in [0.2, 0.25) is 0 Å². The minimum Gasteiger partial charge on any atom is -0.473 e. The smallest absolute Gasteiger partial charge is 0.414 e. The minimum absolute atomic E-state index is 0.205. The molecule has 0 spiro atoms. The van der Waals surface area contributed by atoms with E-state index in [0.29, 0.717) is 13.1 Å². The maximum absolute atomic E-state index is 11.3. The fourth-order valence-corrected chi connectivity index (χ4v) is 2.55. The number of amides is 2. The van der Waals surface area contributed by atoms with Crippen LogP contribution in [-0.2, 0) is 28.7 Å². The van der Waals surface area contributed by atoms with Gasteiger partial charge in [0.1, 0.15) is 11.2 Å². The maximum atomic E-state index is 11.3. The molecule has 0 unspecified atom stereocenters. The molecule has 0 aliphatic carbocycles. The van der Waals surface area contributed by atoms with Gasteiger partial charge in [0.25, 0.3) is 0 Å². The van der Waals surface area contributed by atoms with Gasteiger partial charge in [0.2, 0.25) is 0 Å². The molecule has 2 aliphatic rings. The average molecular weight is 581 g/mol. The molecule has 0 aromatic heterocycles. The summed E-state index contributed by atoms with van der Waals surface area (Å²) < 4.78 is 10.3. The quantitative estimate of drug-likeness (QED) is 0.212. The summed E-state index contributed by atoms with van der Waals surface area (Å²) in [6, 6.07) is 0. The molecule has 2 saturated heterocycles. The van der Waals surface area contributed by atoms with Gasteiger partial charge in [-0.05, 0) is 41.5 Å². The van der Waals surface area contributed by atoms with Gasteiger partial charge in [-0.1, -0.05) is 13.8 Å². The third kappa shape index (κ3) is 21.3. The highest BCUT2D eigenvalue weighted by Crippen LogP contribution is 2.20. The molecule has 0 aromatic carbocycles. The van der Waals surface area contributed by atoms with E-state index in [9.17, 15) is 9.59 Å². The van der Waals surface area contributed by atoms with Crippen LogP contribution in [0, 0.1) is 10.8 Å². The second-order valence-electron chi connectivity index (χ2n) is 11.8. The molecule has 2 fully saturated rings. The Balaban J connectivity index is 0. The van der Waals surface area contributed by atoms with Crippen molar-refractivity contribution >= 4 is 36.1 Å². The third-order valence-corrected chi connectivity index (χ3v) is 4.69. The van der Waals surface area contributed by atoms with E-state index < -0.39 is 35.1 Å². The second-order valence-corrected chi connectivity index (χ2v) is 11.8. The number of nitrogens with one attached hydrogen (secondary N) is 4. The van der Waals surface area contributed by atoms with Crippen LogP contribution < -0.4 is 21.3 Å². The molecule has 2 amide bonds. The summed E-state index contributed by atoms with van der Waals surface area (Å²) in [4.78, 5) is 59.0. The molecule has 8 N–H and O–H groups in total. The Bertz CT molecular complexity index is 789. The molecule has 0 saturated carbocycles. The Kier molecular flexibility index (Phi) is 15.8. The van der Waals surface area contributed by atoms with E-state index in [-0.39, 0.29) is 23.0 Å². The van der Waals surface area contributed by atoms with Crippen LogP contribution in [0.1, 0.15) is 55.4 Å². The lowest BCUT2D eigenvalue weighted by molar-refractivity contribution is -0.159. The normalized spacial score (nSPS) is 16.0. The summed E-state index contributed by atoms with van der Waals surface area (Å²) in [6.45, 7) is 20.6. The van der Waals surface area contributed by atoms with Crippen molar-refractivity contribution in [1.82, 2.24) is 21.3 Å². The predicted molar refractivity (Wildman–Crippen MR) is 141 cm³/mol. The summed E-state index contributed by atoms with van der Waals surface area (Å²) >= 11 is 0. The summed E-state index contributed by atoms with van der Waals surface area (Å²) in [7, 11) is 0. The van der Waals surface area contributed by atoms with E-state index in [2.05, 4.69) is 35.1 Å². The molecule has 2 aliphatic heterocycles. The lowest BCUT2D eigenvalue weighted by Crippen LogP contribution is -2.57. The number of ether oxygens (including phenoxy) is 2. The Labute approximate surface area is 233 Å². The number of rotatable bonds is 4. The van der Waals surface area contributed by atoms with Crippen molar-refractivity contribution in [3.63, 3.8) is 0 Å². The van der Waals surface area contributed by atoms with Crippen molar-refractivity contribution in [3.8, 4) is 0 Å². The summed E-state index contributed by atoms with van der Waals surface area (Å²) in [6.07, 6.45) is -0.656. The van der Waals surface area contributed by atoms with E-state index in [1.54, 1.807) is 0 Å². The highest BCUT2D eigenvalue weighted by molar-refractivity contribution is 6.27. The summed E-state index contributed by atoms with van der Waals surface area (Å²) in [5.41, 5.74) is -0.417. The molecule has 16 nitrogen and oxygen atoms in total. The summed E-state index contributed by atoms with van der Waals surface area (Å²) in [5, 5.41) is 41.5. The van der Waals surface area contributed by atoms with Gasteiger partial charge < -0.3 is 51.2 Å². The Hall–Kier alpha value is -3.66. The number of carbonyl (C=O) groups excluding carboxylic acids is 2. The standard InChI is InChI=1S/2C10H20N2O2.2C2H2O4/c2*1-9(2,3)14-8(13)12-7-10(4)5-11-6-10;2*3-1(4)2(5)6/h2*11H,5-7H2,1-4H3,(H,12,13);2*(H,3,4)(H,5,6). The van der Waals surface area contributed by atoms with Crippen molar-refractivity contribution in [2.24, 2.45) is 10.8 Å². The van der Waals surface area contributed by atoms with Gasteiger partial charge in [-0.2, -0.15) is 0 Å². The molecule has 0 atom stereocenters. The number of carbonyl (C=O) groups is 6. The van der Waals surface area contributed by atoms with Gasteiger partial charge in [-0.3, -0.25) is 0 Å². The first-order valence-electron chi connectivity index (χ1n) is 12.2. The van der Waals surface area contributed by atoms with Gasteiger partial charge in [-0.15, -0.1) is 0 Å². The first-order chi connectivity index (χ1) is 17.9. The first kappa shape index (κ1) is 38.5. The third-order valence-electron chi connectivity index (χ3n) is 4.69. The van der Waals surface area contributed by atoms with Crippen LogP contribution in [0.15, 0.2) is 0 Å². The monoisotopic (exact) mass is 580 g/mol. The van der Waals surface area contributed by atoms with E-state index in [0.717, 1.165) is 26.2 Å². The van der Waals surface area contributed by atoms with E-state index in [1.165, 1.54) is 0 Å². The van der Waals surface area contributed by atoms with Crippen LogP contribution in [0.4, 0.5) is 9.59 Å². The average Bonchev–Trinajstić information content (AvgIpc) is 2.72. The molecular weight excluding hydrogens is 536 g/mol. The number of carboxylic acids is 4. The van der Waals surface area contributed by atoms with Crippen LogP contribution in [0.25, 0.3) is 0 Å². The molecule has 2 heterocycles. The van der Waals surface area contributed by atoms with E-state index in [4.69, 9.17) is 49.1 Å². The van der Waals surface area contributed by atoms with Gasteiger partial charge >= 0.3 is 36.1 Å². The molecule has 40 heavy (non-hydrogen) atoms. The molecule has 0 bridgehead atoms. The SMILES string of the molecule is CC1(CNC(=O)OC(C)(C)C)CNC1.CC1(CNC(=O)OC(C)(C)C)CNC1.O=C(O)C(=O)O.O=C(O)C(=O)O. The van der Waals surface area contributed by atoms with Crippen LogP contribution in [0.5, 0.6) is 0 Å². The maximum Gasteiger partial charge on any atom is 0.414 e. The topological polar surface area (TPSA) is 250 Å². The number of hydrogen-bond acceptors (Lipinski definition) is 10. The van der Waals surface area contributed by atoms with Crippen LogP contribution in [-0.4, -0.2) is 107 Å². The van der Waals surface area contributed by atoms with Crippen LogP contribution in [0.3, 0.4) is 0 Å². The summed E-state index contributed by atoms with van der Waals surface area (Å²) in [5.74, 6) is -7.30. The fraction of sp³-hybridized carbons (Fsp3) is 0.750. The predicted octanol–water partition coefficient (Wildman–Crippen LogP) is 0.552. The molecule has 232 valence electrons. The van der Waals surface area contributed by atoms with Crippen molar-refractivity contribution < 1.29 is 58.7 Å². The lowest BCUT2D eigenvalue weighted by Gasteiger charge is -2.39. The highest BCUT2D eigenvalue weighted by atomic mass is 16.6. The largest absolute Gasteiger partial charge is 0.473 e. The molecule has 0 aromatic rings. The first-order valence-corrected chi connectivity index (χ1v) is 12.2. The zero-order chi connectivity index (χ0) is 31.9. The Morgan fingerprint density at radius 3 is 0.950 bits per heavy atom. The number of aliphatic carboxylic acids is 4. The van der Waals surface area contributed by atoms with Crippen molar-refractivity contribution in [3.05, 3.63) is 0 Å². The van der Waals surface area contributed by atoms with Gasteiger partial charge in [0.15, 0.2) is 0 Å². The van der Waals surface area contributed by atoms with Crippen molar-refractivity contribution in [1.29, 1.82) is 0 Å². The highest BCUT2D eigenvalue weighted by Gasteiger charge is 2.33. The fourth-order valence-electron chi connectivity index (χ4n) is 2.55. The van der Waals surface area contributed by atoms with Crippen molar-refractivity contribution in [2.45, 2.75) is 66.6 Å². The van der Waals surface area contributed by atoms with Crippen molar-refractivity contribution in [2.75, 3.05) is 39.3 Å². The molecular formula is C24H44N4O12. The van der Waals surface area contributed by atoms with Gasteiger partial charge in [0.05, 0.1) is 0 Å². The Morgan fingerprint density at radius 1 is 0.600 bits per heavy atom. The minimum atomic E-state index is -1.82. The lowest BCUT2D eigenvalue weighted by atomic mass is 9.84. The Morgan fingerprint density at radius 2 is 0.825 bits per heavy atom. The molecule has 2 rings (SSSR count). The zero-order valence-corrected chi connectivity index (χ0v) is 24.3. The van der Waals surface area contributed by atoms with E-state index in [1.807, 2.05) is 41.5 Å². The van der Waals surface area contributed by atoms with Gasteiger partial charge in [0, 0.05) is 50.1 Å². The van der Waals surface area contributed by atoms with Crippen LogP contribution >= 0.6 is 0 Å². The van der Waals surface area contributed by atoms with Gasteiger partial charge in [-0.25, -0.2) is 28.8 Å². The number of hydrogen-bond donors (Lipinski definition) is 8. The van der Waals surface area contributed by atoms with E-state index >= 15 is 0 Å². The second kappa shape index (κ2) is 16.4.